The Kier molecular flexibility index (Phi) is 11.0. The standard InChI is InChI=1S/C15H18O9/c1-3-11(16)22-9-10-23-14(19)6-5-13(18)21-8-7-15(20)24-12(17)4-2/h3-4H,1-2,5-10H2. The minimum Gasteiger partial charge on any atom is -0.465 e. The van der Waals surface area contributed by atoms with Crippen molar-refractivity contribution in [1.82, 2.24) is 0 Å². The molecule has 0 aliphatic rings. The Morgan fingerprint density at radius 1 is 0.625 bits per heavy atom. The predicted octanol–water partition coefficient (Wildman–Crippen LogP) is 0.228. The largest absolute Gasteiger partial charge is 0.465 e. The highest BCUT2D eigenvalue weighted by Crippen LogP contribution is 1.98. The molecule has 24 heavy (non-hydrogen) atoms. The molecule has 0 aromatic rings. The van der Waals surface area contributed by atoms with Crippen LogP contribution in [-0.2, 0) is 42.9 Å². The van der Waals surface area contributed by atoms with Crippen molar-refractivity contribution in [2.24, 2.45) is 0 Å². The van der Waals surface area contributed by atoms with E-state index in [1.54, 1.807) is 0 Å². The Hall–Kier alpha value is -2.97. The molecule has 132 valence electrons. The van der Waals surface area contributed by atoms with Gasteiger partial charge in [-0.15, -0.1) is 0 Å². The smallest absolute Gasteiger partial charge is 0.337 e. The summed E-state index contributed by atoms with van der Waals surface area (Å²) in [6.45, 7) is 5.77. The van der Waals surface area contributed by atoms with E-state index in [2.05, 4.69) is 27.4 Å². The normalized spacial score (nSPS) is 9.33. The summed E-state index contributed by atoms with van der Waals surface area (Å²) < 4.78 is 18.2. The van der Waals surface area contributed by atoms with Crippen LogP contribution in [0.2, 0.25) is 0 Å². The number of carbonyl (C=O) groups excluding carboxylic acids is 5. The first-order chi connectivity index (χ1) is 11.4. The molecule has 0 unspecified atom stereocenters. The predicted molar refractivity (Wildman–Crippen MR) is 78.2 cm³/mol. The SMILES string of the molecule is C=CC(=O)OCCOC(=O)CCC(=O)OCCC(=O)OC(=O)C=C. The molecule has 0 N–H and O–H groups in total. The van der Waals surface area contributed by atoms with Crippen LogP contribution >= 0.6 is 0 Å². The van der Waals surface area contributed by atoms with Crippen LogP contribution in [0.5, 0.6) is 0 Å². The van der Waals surface area contributed by atoms with Crippen LogP contribution in [0.15, 0.2) is 25.3 Å². The van der Waals surface area contributed by atoms with Crippen LogP contribution in [0.25, 0.3) is 0 Å². The lowest BCUT2D eigenvalue weighted by Crippen LogP contribution is -2.16. The quantitative estimate of drug-likeness (QED) is 0.171. The zero-order valence-electron chi connectivity index (χ0n) is 13.0. The Bertz CT molecular complexity index is 507. The third-order valence-corrected chi connectivity index (χ3v) is 2.24. The highest BCUT2D eigenvalue weighted by molar-refractivity contribution is 5.91. The second-order valence-corrected chi connectivity index (χ2v) is 4.06. The van der Waals surface area contributed by atoms with Crippen LogP contribution in [-0.4, -0.2) is 49.7 Å². The van der Waals surface area contributed by atoms with Crippen LogP contribution in [0.3, 0.4) is 0 Å². The summed E-state index contributed by atoms with van der Waals surface area (Å²) in [5.41, 5.74) is 0. The van der Waals surface area contributed by atoms with Gasteiger partial charge in [0.2, 0.25) is 0 Å². The summed E-state index contributed by atoms with van der Waals surface area (Å²) in [7, 11) is 0. The highest BCUT2D eigenvalue weighted by Gasteiger charge is 2.12. The van der Waals surface area contributed by atoms with Crippen molar-refractivity contribution < 1.29 is 42.9 Å². The van der Waals surface area contributed by atoms with Gasteiger partial charge in [-0.3, -0.25) is 14.4 Å². The molecule has 0 bridgehead atoms. The topological polar surface area (TPSA) is 122 Å². The summed E-state index contributed by atoms with van der Waals surface area (Å²) in [4.78, 5) is 55.1. The summed E-state index contributed by atoms with van der Waals surface area (Å²) in [5.74, 6) is -3.78. The maximum absolute atomic E-state index is 11.3. The Morgan fingerprint density at radius 3 is 1.67 bits per heavy atom. The van der Waals surface area contributed by atoms with Crippen molar-refractivity contribution in [1.29, 1.82) is 0 Å². The fourth-order valence-corrected chi connectivity index (χ4v) is 1.16. The minimum atomic E-state index is -0.896. The molecule has 9 nitrogen and oxygen atoms in total. The summed E-state index contributed by atoms with van der Waals surface area (Å²) in [6, 6.07) is 0. The van der Waals surface area contributed by atoms with Crippen molar-refractivity contribution in [3.8, 4) is 0 Å². The van der Waals surface area contributed by atoms with Crippen LogP contribution in [0.1, 0.15) is 19.3 Å². The molecule has 0 atom stereocenters. The number of esters is 5. The summed E-state index contributed by atoms with van der Waals surface area (Å²) in [6.07, 6.45) is 1.03. The number of rotatable bonds is 11. The van der Waals surface area contributed by atoms with Gasteiger partial charge >= 0.3 is 29.8 Å². The molecule has 0 fully saturated rings. The zero-order valence-corrected chi connectivity index (χ0v) is 13.0. The van der Waals surface area contributed by atoms with Crippen LogP contribution in [0, 0.1) is 0 Å². The molecule has 0 aromatic heterocycles. The van der Waals surface area contributed by atoms with E-state index in [1.165, 1.54) is 0 Å². The maximum Gasteiger partial charge on any atom is 0.337 e. The van der Waals surface area contributed by atoms with Crippen LogP contribution in [0.4, 0.5) is 0 Å². The molecule has 0 rings (SSSR count). The van der Waals surface area contributed by atoms with E-state index in [0.29, 0.717) is 0 Å². The van der Waals surface area contributed by atoms with Gasteiger partial charge in [-0.05, 0) is 0 Å². The van der Waals surface area contributed by atoms with Gasteiger partial charge in [-0.2, -0.15) is 0 Å². The van der Waals surface area contributed by atoms with Gasteiger partial charge in [0, 0.05) is 12.2 Å². The second kappa shape index (κ2) is 12.6. The molecule has 0 saturated heterocycles. The molecular formula is C15H18O9. The second-order valence-electron chi connectivity index (χ2n) is 4.06. The Morgan fingerprint density at radius 2 is 1.12 bits per heavy atom. The fourth-order valence-electron chi connectivity index (χ4n) is 1.16. The lowest BCUT2D eigenvalue weighted by molar-refractivity contribution is -0.158. The van der Waals surface area contributed by atoms with Gasteiger partial charge in [-0.1, -0.05) is 13.2 Å². The third kappa shape index (κ3) is 11.7. The van der Waals surface area contributed by atoms with Gasteiger partial charge in [0.1, 0.15) is 19.8 Å². The number of hydrogen-bond acceptors (Lipinski definition) is 9. The maximum atomic E-state index is 11.3. The molecule has 0 spiro atoms. The third-order valence-electron chi connectivity index (χ3n) is 2.24. The molecule has 0 amide bonds. The van der Waals surface area contributed by atoms with Gasteiger partial charge in [0.05, 0.1) is 19.3 Å². The lowest BCUT2D eigenvalue weighted by atomic mass is 10.3. The first-order valence-electron chi connectivity index (χ1n) is 6.86. The number of ether oxygens (including phenoxy) is 4. The van der Waals surface area contributed by atoms with E-state index in [1.807, 2.05) is 0 Å². The minimum absolute atomic E-state index is 0.118. The monoisotopic (exact) mass is 342 g/mol. The molecule has 0 aromatic carbocycles. The van der Waals surface area contributed by atoms with Gasteiger partial charge in [0.25, 0.3) is 0 Å². The first-order valence-corrected chi connectivity index (χ1v) is 6.86. The van der Waals surface area contributed by atoms with Crippen molar-refractivity contribution in [3.05, 3.63) is 25.3 Å². The van der Waals surface area contributed by atoms with Gasteiger partial charge in [-0.25, -0.2) is 9.59 Å². The Balaban J connectivity index is 3.70. The molecule has 0 aliphatic heterocycles. The molecule has 9 heteroatoms. The molecular weight excluding hydrogens is 324 g/mol. The molecule has 0 radical (unpaired) electrons. The Labute approximate surface area is 138 Å². The van der Waals surface area contributed by atoms with E-state index >= 15 is 0 Å². The molecule has 0 saturated carbocycles. The van der Waals surface area contributed by atoms with E-state index in [4.69, 9.17) is 4.74 Å². The summed E-state index contributed by atoms with van der Waals surface area (Å²) >= 11 is 0. The van der Waals surface area contributed by atoms with E-state index < -0.39 is 29.8 Å². The number of carbonyl (C=O) groups is 5. The lowest BCUT2D eigenvalue weighted by Gasteiger charge is -2.06. The van der Waals surface area contributed by atoms with Crippen molar-refractivity contribution >= 4 is 29.8 Å². The molecule has 0 aliphatic carbocycles. The molecule has 0 heterocycles. The number of hydrogen-bond donors (Lipinski definition) is 0. The van der Waals surface area contributed by atoms with Gasteiger partial charge < -0.3 is 18.9 Å². The van der Waals surface area contributed by atoms with Crippen molar-refractivity contribution in [2.45, 2.75) is 19.3 Å². The highest BCUT2D eigenvalue weighted by atomic mass is 16.6. The van der Waals surface area contributed by atoms with Crippen LogP contribution < -0.4 is 0 Å². The van der Waals surface area contributed by atoms with Crippen molar-refractivity contribution in [3.63, 3.8) is 0 Å². The van der Waals surface area contributed by atoms with Crippen molar-refractivity contribution in [2.75, 3.05) is 19.8 Å². The average Bonchev–Trinajstić information content (AvgIpc) is 2.56. The van der Waals surface area contributed by atoms with Gasteiger partial charge in [0.15, 0.2) is 0 Å². The van der Waals surface area contributed by atoms with E-state index in [0.717, 1.165) is 12.2 Å². The zero-order chi connectivity index (χ0) is 18.4. The first kappa shape index (κ1) is 21.0. The fraction of sp³-hybridized carbons (Fsp3) is 0.400. The van der Waals surface area contributed by atoms with E-state index in [9.17, 15) is 24.0 Å². The van der Waals surface area contributed by atoms with E-state index in [-0.39, 0.29) is 39.1 Å². The summed E-state index contributed by atoms with van der Waals surface area (Å²) in [5, 5.41) is 0. The average molecular weight is 342 g/mol.